The predicted molar refractivity (Wildman–Crippen MR) is 259 cm³/mol. The number of thiazole rings is 2. The van der Waals surface area contributed by atoms with E-state index in [9.17, 15) is 53.7 Å². The van der Waals surface area contributed by atoms with E-state index < -0.39 is 41.7 Å². The van der Waals surface area contributed by atoms with Crippen molar-refractivity contribution in [1.29, 1.82) is 0 Å². The second kappa shape index (κ2) is 25.6. The third kappa shape index (κ3) is 16.3. The molecule has 362 valence electrons. The Labute approximate surface area is 410 Å². The lowest BCUT2D eigenvalue weighted by Gasteiger charge is -2.16. The first-order valence-corrected chi connectivity index (χ1v) is 24.0. The molecule has 0 aliphatic rings. The molecule has 2 atom stereocenters. The molecule has 24 heteroatoms. The second-order valence-corrected chi connectivity index (χ2v) is 18.5. The molecule has 4 aromatic heterocycles. The molecule has 0 spiro atoms. The Kier molecular flexibility index (Phi) is 19.4. The van der Waals surface area contributed by atoms with Crippen molar-refractivity contribution in [3.63, 3.8) is 0 Å². The van der Waals surface area contributed by atoms with E-state index in [1.807, 2.05) is 6.07 Å². The lowest BCUT2D eigenvalue weighted by Crippen LogP contribution is -2.48. The Morgan fingerprint density at radius 2 is 1.04 bits per heavy atom. The van der Waals surface area contributed by atoms with Gasteiger partial charge in [-0.25, -0.2) is 19.6 Å². The Balaban J connectivity index is 0.000000258. The number of rotatable bonds is 20. The first kappa shape index (κ1) is 52.4. The van der Waals surface area contributed by atoms with Gasteiger partial charge in [0.1, 0.15) is 33.3 Å². The average molecular weight is 1020 g/mol. The second-order valence-electron chi connectivity index (χ2n) is 14.6. The number of carboxylic acids is 1. The first-order valence-electron chi connectivity index (χ1n) is 20.7. The number of phenols is 2. The van der Waals surface area contributed by atoms with Gasteiger partial charge in [-0.3, -0.25) is 28.8 Å². The number of aromatic hydroxyl groups is 2. The molecular weight excluding hydrogens is 973 g/mol. The van der Waals surface area contributed by atoms with Crippen molar-refractivity contribution in [3.8, 4) is 11.5 Å². The summed E-state index contributed by atoms with van der Waals surface area (Å²) >= 11 is 4.36. The summed E-state index contributed by atoms with van der Waals surface area (Å²) in [6, 6.07) is 17.5. The number of amides is 6. The fraction of sp³-hybridized carbons (Fsp3) is 0.244. The van der Waals surface area contributed by atoms with Crippen LogP contribution in [0.25, 0.3) is 0 Å². The van der Waals surface area contributed by atoms with E-state index in [1.165, 1.54) is 29.8 Å². The molecule has 2 aromatic carbocycles. The number of esters is 1. The quantitative estimate of drug-likeness (QED) is 0.0460. The molecule has 0 fully saturated rings. The summed E-state index contributed by atoms with van der Waals surface area (Å²) in [6.07, 6.45) is 1.15. The smallest absolute Gasteiger partial charge is 0.330 e. The van der Waals surface area contributed by atoms with Crippen LogP contribution in [-0.4, -0.2) is 105 Å². The van der Waals surface area contributed by atoms with Crippen molar-refractivity contribution in [3.05, 3.63) is 126 Å². The van der Waals surface area contributed by atoms with E-state index in [1.54, 1.807) is 91.3 Å². The molecule has 6 rings (SSSR count). The number of nitrogens with one attached hydrogen (secondary N) is 6. The van der Waals surface area contributed by atoms with Crippen LogP contribution in [0.1, 0.15) is 74.0 Å². The summed E-state index contributed by atoms with van der Waals surface area (Å²) < 4.78 is 4.74. The van der Waals surface area contributed by atoms with Gasteiger partial charge in [-0.15, -0.1) is 22.7 Å². The highest BCUT2D eigenvalue weighted by Gasteiger charge is 2.27. The number of phenolic OH excluding ortho intramolecular Hbond substituents is 2. The van der Waals surface area contributed by atoms with Crippen LogP contribution in [0.4, 0.5) is 10.3 Å². The highest BCUT2D eigenvalue weighted by molar-refractivity contribution is 7.18. The van der Waals surface area contributed by atoms with Crippen LogP contribution < -0.4 is 31.9 Å². The van der Waals surface area contributed by atoms with Crippen LogP contribution in [0, 0.1) is 13.8 Å². The summed E-state index contributed by atoms with van der Waals surface area (Å²) in [5.74, 6) is -4.43. The van der Waals surface area contributed by atoms with Crippen LogP contribution >= 0.6 is 45.3 Å². The minimum Gasteiger partial charge on any atom is -0.508 e. The van der Waals surface area contributed by atoms with E-state index in [-0.39, 0.29) is 75.2 Å². The summed E-state index contributed by atoms with van der Waals surface area (Å²) in [6.45, 7) is 2.72. The Morgan fingerprint density at radius 3 is 1.43 bits per heavy atom. The maximum absolute atomic E-state index is 12.8. The lowest BCUT2D eigenvalue weighted by molar-refractivity contribution is -0.142. The number of hydrogen-bond acceptors (Lipinski definition) is 17. The molecule has 0 aliphatic carbocycles. The number of benzene rings is 2. The lowest BCUT2D eigenvalue weighted by atomic mass is 10.1. The fourth-order valence-corrected chi connectivity index (χ4v) is 9.04. The average Bonchev–Trinajstić information content (AvgIpc) is 4.17. The zero-order valence-corrected chi connectivity index (χ0v) is 40.3. The third-order valence-electron chi connectivity index (χ3n) is 9.42. The van der Waals surface area contributed by atoms with Crippen LogP contribution in [0.15, 0.2) is 83.6 Å². The van der Waals surface area contributed by atoms with Crippen molar-refractivity contribution >= 4 is 103 Å². The Morgan fingerprint density at radius 1 is 0.609 bits per heavy atom. The number of aromatic nitrogens is 2. The number of carboxylic acid groups (broad SMARTS) is 1. The van der Waals surface area contributed by atoms with Gasteiger partial charge in [-0.2, -0.15) is 0 Å². The molecule has 0 radical (unpaired) electrons. The molecule has 0 aliphatic heterocycles. The van der Waals surface area contributed by atoms with Crippen molar-refractivity contribution in [2.45, 2.75) is 51.6 Å². The van der Waals surface area contributed by atoms with Crippen molar-refractivity contribution < 1.29 is 58.4 Å². The van der Waals surface area contributed by atoms with Gasteiger partial charge in [-0.05, 0) is 85.0 Å². The number of carbonyl (C=O) groups is 8. The molecule has 20 nitrogen and oxygen atoms in total. The molecule has 69 heavy (non-hydrogen) atoms. The monoisotopic (exact) mass is 1020 g/mol. The third-order valence-corrected chi connectivity index (χ3v) is 13.3. The number of nitrogens with zero attached hydrogens (tertiary/aromatic N) is 2. The summed E-state index contributed by atoms with van der Waals surface area (Å²) in [5, 5.41) is 47.7. The molecular formula is C45H46N8O12S4. The van der Waals surface area contributed by atoms with Gasteiger partial charge in [0.2, 0.25) is 11.8 Å². The van der Waals surface area contributed by atoms with Crippen molar-refractivity contribution in [1.82, 2.24) is 31.2 Å². The minimum absolute atomic E-state index is 0.120. The largest absolute Gasteiger partial charge is 0.508 e. The van der Waals surface area contributed by atoms with Gasteiger partial charge >= 0.3 is 11.9 Å². The molecule has 0 saturated heterocycles. The highest BCUT2D eigenvalue weighted by Crippen LogP contribution is 2.25. The summed E-state index contributed by atoms with van der Waals surface area (Å²) in [4.78, 5) is 108. The number of carbonyl (C=O) groups excluding carboxylic acids is 7. The van der Waals surface area contributed by atoms with E-state index in [4.69, 9.17) is 4.74 Å². The fourth-order valence-electron chi connectivity index (χ4n) is 5.99. The van der Waals surface area contributed by atoms with Gasteiger partial charge in [-0.1, -0.05) is 59.1 Å². The number of aryl methyl sites for hydroxylation is 4. The first-order chi connectivity index (χ1) is 33.0. The Hall–Kier alpha value is -7.54. The van der Waals surface area contributed by atoms with Crippen LogP contribution in [0.3, 0.4) is 0 Å². The van der Waals surface area contributed by atoms with Crippen molar-refractivity contribution in [2.24, 2.45) is 0 Å². The van der Waals surface area contributed by atoms with Gasteiger partial charge < -0.3 is 52.0 Å². The summed E-state index contributed by atoms with van der Waals surface area (Å²) in [7, 11) is 1.19. The number of hydrogen-bond donors (Lipinski definition) is 9. The predicted octanol–water partition coefficient (Wildman–Crippen LogP) is 4.89. The molecule has 9 N–H and O–H groups in total. The Bertz CT molecular complexity index is 2770. The van der Waals surface area contributed by atoms with Crippen LogP contribution in [0.5, 0.6) is 11.5 Å². The van der Waals surface area contributed by atoms with Gasteiger partial charge in [0.15, 0.2) is 10.3 Å². The maximum atomic E-state index is 12.8. The number of aliphatic carboxylic acids is 1. The minimum atomic E-state index is -1.35. The number of thiophene rings is 2. The number of anilines is 2. The van der Waals surface area contributed by atoms with E-state index in [2.05, 4.69) is 41.9 Å². The molecule has 0 bridgehead atoms. The van der Waals surface area contributed by atoms with Gasteiger partial charge in [0, 0.05) is 25.9 Å². The van der Waals surface area contributed by atoms with Crippen LogP contribution in [-0.2, 0) is 36.8 Å². The molecule has 6 amide bonds. The molecule has 0 saturated carbocycles. The SMILES string of the molecule is COC(=O)[C@H](CNC(=O)c1cccs1)NC(=O)c1sc(NC(=O)CCc2cccc(O)c2)nc1C.Cc1nc(NC(=O)CCc2cccc(O)c2)sc1C(=O)N[C@@H](CNC(=O)c1cccs1)C(=O)O. The van der Waals surface area contributed by atoms with E-state index >= 15 is 0 Å². The molecule has 4 heterocycles. The molecule has 6 aromatic rings. The highest BCUT2D eigenvalue weighted by atomic mass is 32.1. The maximum Gasteiger partial charge on any atom is 0.330 e. The van der Waals surface area contributed by atoms with Gasteiger partial charge in [0.05, 0.1) is 28.3 Å². The summed E-state index contributed by atoms with van der Waals surface area (Å²) in [5.41, 5.74) is 2.33. The standard InChI is InChI=1S/C23H24N4O6S2.C22H22N4O6S2/c1-13-19(35-23(25-13)27-18(29)9-8-14-5-3-6-15(28)11-14)21(31)26-16(22(32)33-2)12-24-20(30)17-7-4-10-34-17;1-12-18(20(30)25-15(21(31)32)11-23-19(29)16-6-3-9-33-16)34-22(24-12)26-17(28)8-7-13-4-2-5-14(27)10-13/h3-7,10-11,16,28H,8-9,12H2,1-2H3,(H,24,30)(H,26,31)(H,25,27,29);2-6,9-10,15,27H,7-8,11H2,1H3,(H,23,29)(H,25,30)(H,31,32)(H,24,26,28)/t16-;15-/m00/s1. The normalized spacial score (nSPS) is 11.4. The zero-order chi connectivity index (χ0) is 50.0. The van der Waals surface area contributed by atoms with E-state index in [0.29, 0.717) is 34.0 Å². The van der Waals surface area contributed by atoms with Crippen LogP contribution in [0.2, 0.25) is 0 Å². The number of methoxy groups -OCH3 is 1. The van der Waals surface area contributed by atoms with E-state index in [0.717, 1.165) is 33.8 Å². The number of ether oxygens (including phenoxy) is 1. The zero-order valence-electron chi connectivity index (χ0n) is 37.0. The topological polar surface area (TPSA) is 304 Å². The van der Waals surface area contributed by atoms with Gasteiger partial charge in [0.25, 0.3) is 23.6 Å². The molecule has 0 unspecified atom stereocenters. The van der Waals surface area contributed by atoms with Crippen molar-refractivity contribution in [2.75, 3.05) is 30.8 Å².